The molecule has 0 atom stereocenters. The Morgan fingerprint density at radius 3 is 1.79 bits per heavy atom. The van der Waals surface area contributed by atoms with E-state index in [0.717, 1.165) is 60.8 Å². The molecule has 13 rings (SSSR count). The van der Waals surface area contributed by atoms with Gasteiger partial charge in [0, 0.05) is 64.1 Å². The topological polar surface area (TPSA) is 56.7 Å². The third-order valence-corrected chi connectivity index (χ3v) is 13.5. The molecule has 294 valence electrons. The summed E-state index contributed by atoms with van der Waals surface area (Å²) in [6.45, 7) is 0. The molecule has 4 heterocycles. The second kappa shape index (κ2) is 14.2. The summed E-state index contributed by atoms with van der Waals surface area (Å²) in [4.78, 5) is 15.5. The summed E-state index contributed by atoms with van der Waals surface area (Å²) in [6.07, 6.45) is 0. The molecule has 5 nitrogen and oxygen atoms in total. The molecule has 0 aliphatic rings. The number of benzene rings is 9. The predicted molar refractivity (Wildman–Crippen MR) is 262 cm³/mol. The molecule has 13 aromatic rings. The number of rotatable bonds is 6. The van der Waals surface area contributed by atoms with Gasteiger partial charge in [-0.2, -0.15) is 0 Å². The highest BCUT2D eigenvalue weighted by Crippen LogP contribution is 2.45. The largest absolute Gasteiger partial charge is 0.456 e. The molecule has 0 amide bonds. The van der Waals surface area contributed by atoms with E-state index in [9.17, 15) is 0 Å². The van der Waals surface area contributed by atoms with Crippen molar-refractivity contribution in [2.75, 3.05) is 0 Å². The van der Waals surface area contributed by atoms with Crippen molar-refractivity contribution in [3.8, 4) is 62.1 Å². The molecule has 0 spiro atoms. The Labute approximate surface area is 365 Å². The van der Waals surface area contributed by atoms with Crippen LogP contribution >= 0.6 is 11.3 Å². The van der Waals surface area contributed by atoms with Gasteiger partial charge in [-0.15, -0.1) is 11.3 Å². The minimum atomic E-state index is 0.623. The van der Waals surface area contributed by atoms with E-state index < -0.39 is 0 Å². The Balaban J connectivity index is 0.939. The predicted octanol–water partition coefficient (Wildman–Crippen LogP) is 15.6. The number of furan rings is 1. The Kier molecular flexibility index (Phi) is 8.01. The third-order valence-electron chi connectivity index (χ3n) is 12.3. The molecule has 0 N–H and O–H groups in total. The zero-order valence-electron chi connectivity index (χ0n) is 33.7. The number of nitrogens with zero attached hydrogens (tertiary/aromatic N) is 4. The van der Waals surface area contributed by atoms with Gasteiger partial charge in [0.1, 0.15) is 11.2 Å². The quantitative estimate of drug-likeness (QED) is 0.168. The van der Waals surface area contributed by atoms with Crippen molar-refractivity contribution < 1.29 is 4.42 Å². The fourth-order valence-corrected chi connectivity index (χ4v) is 10.6. The molecule has 0 saturated heterocycles. The number of aromatic nitrogens is 4. The van der Waals surface area contributed by atoms with E-state index in [4.69, 9.17) is 19.4 Å². The zero-order valence-corrected chi connectivity index (χ0v) is 34.6. The van der Waals surface area contributed by atoms with Crippen LogP contribution in [0.3, 0.4) is 0 Å². The Morgan fingerprint density at radius 1 is 0.365 bits per heavy atom. The first-order valence-corrected chi connectivity index (χ1v) is 21.9. The van der Waals surface area contributed by atoms with Gasteiger partial charge in [-0.25, -0.2) is 15.0 Å². The lowest BCUT2D eigenvalue weighted by Gasteiger charge is -2.10. The normalized spacial score (nSPS) is 11.8. The second-order valence-corrected chi connectivity index (χ2v) is 17.0. The maximum Gasteiger partial charge on any atom is 0.164 e. The lowest BCUT2D eigenvalue weighted by Crippen LogP contribution is -2.00. The molecule has 0 fully saturated rings. The Bertz CT molecular complexity index is 3900. The first kappa shape index (κ1) is 35.6. The van der Waals surface area contributed by atoms with Gasteiger partial charge in [0.25, 0.3) is 0 Å². The van der Waals surface area contributed by atoms with E-state index in [2.05, 4.69) is 174 Å². The second-order valence-electron chi connectivity index (χ2n) is 15.9. The molecular formula is C57H34N4OS. The van der Waals surface area contributed by atoms with Crippen LogP contribution in [0.2, 0.25) is 0 Å². The van der Waals surface area contributed by atoms with Gasteiger partial charge in [-0.1, -0.05) is 158 Å². The van der Waals surface area contributed by atoms with E-state index in [0.29, 0.717) is 17.5 Å². The van der Waals surface area contributed by atoms with Crippen LogP contribution in [0.15, 0.2) is 211 Å². The summed E-state index contributed by atoms with van der Waals surface area (Å²) in [6, 6.07) is 72.7. The van der Waals surface area contributed by atoms with E-state index in [1.54, 1.807) is 0 Å². The number of hydrogen-bond acceptors (Lipinski definition) is 5. The maximum atomic E-state index is 6.22. The van der Waals surface area contributed by atoms with Gasteiger partial charge >= 0.3 is 0 Å². The third kappa shape index (κ3) is 5.80. The van der Waals surface area contributed by atoms with Crippen molar-refractivity contribution in [3.63, 3.8) is 0 Å². The van der Waals surface area contributed by atoms with Gasteiger partial charge in [0.05, 0.1) is 11.0 Å². The monoisotopic (exact) mass is 822 g/mol. The smallest absolute Gasteiger partial charge is 0.164 e. The lowest BCUT2D eigenvalue weighted by molar-refractivity contribution is 0.669. The van der Waals surface area contributed by atoms with Crippen LogP contribution in [0, 0.1) is 0 Å². The molecule has 0 aliphatic heterocycles. The molecule has 0 bridgehead atoms. The van der Waals surface area contributed by atoms with Crippen LogP contribution in [0.5, 0.6) is 0 Å². The molecule has 0 saturated carbocycles. The van der Waals surface area contributed by atoms with Gasteiger partial charge in [0.15, 0.2) is 17.5 Å². The van der Waals surface area contributed by atoms with E-state index in [-0.39, 0.29) is 0 Å². The highest BCUT2D eigenvalue weighted by atomic mass is 32.1. The zero-order chi connectivity index (χ0) is 41.4. The molecule has 0 aliphatic carbocycles. The minimum Gasteiger partial charge on any atom is -0.456 e. The van der Waals surface area contributed by atoms with Crippen molar-refractivity contribution in [2.45, 2.75) is 0 Å². The number of fused-ring (bicyclic) bond motifs is 9. The SMILES string of the molecule is c1ccc(-c2nc(-c3ccc(-c4ccc5c(c4)oc4ccccc45)cc3)nc(-c3cccc4sc5c(-c6ccc7c8ccccc8n(-c8ccccc8)c7c6)cccc5c34)n2)cc1. The fraction of sp³-hybridized carbons (Fsp3) is 0. The minimum absolute atomic E-state index is 0.623. The van der Waals surface area contributed by atoms with Crippen LogP contribution < -0.4 is 0 Å². The Morgan fingerprint density at radius 2 is 0.952 bits per heavy atom. The lowest BCUT2D eigenvalue weighted by atomic mass is 9.99. The van der Waals surface area contributed by atoms with Crippen LogP contribution in [-0.4, -0.2) is 19.5 Å². The van der Waals surface area contributed by atoms with Gasteiger partial charge in [-0.05, 0) is 70.8 Å². The van der Waals surface area contributed by atoms with E-state index >= 15 is 0 Å². The molecular weight excluding hydrogens is 789 g/mol. The molecule has 63 heavy (non-hydrogen) atoms. The summed E-state index contributed by atoms with van der Waals surface area (Å²) in [5.41, 5.74) is 12.7. The summed E-state index contributed by atoms with van der Waals surface area (Å²) >= 11 is 1.82. The average Bonchev–Trinajstić information content (AvgIpc) is 4.03. The van der Waals surface area contributed by atoms with Crippen molar-refractivity contribution >= 4 is 75.3 Å². The Hall–Kier alpha value is -8.19. The fourth-order valence-electron chi connectivity index (χ4n) is 9.31. The first-order valence-electron chi connectivity index (χ1n) is 21.1. The highest BCUT2D eigenvalue weighted by molar-refractivity contribution is 7.26. The maximum absolute atomic E-state index is 6.22. The molecule has 4 aromatic heterocycles. The van der Waals surface area contributed by atoms with E-state index in [1.807, 2.05) is 47.7 Å². The van der Waals surface area contributed by atoms with Gasteiger partial charge in [-0.3, -0.25) is 0 Å². The molecule has 9 aromatic carbocycles. The first-order chi connectivity index (χ1) is 31.2. The van der Waals surface area contributed by atoms with Gasteiger partial charge in [0.2, 0.25) is 0 Å². The summed E-state index contributed by atoms with van der Waals surface area (Å²) in [7, 11) is 0. The van der Waals surface area contributed by atoms with Crippen LogP contribution in [0.1, 0.15) is 0 Å². The van der Waals surface area contributed by atoms with Crippen LogP contribution in [0.4, 0.5) is 0 Å². The number of para-hydroxylation sites is 3. The van der Waals surface area contributed by atoms with Gasteiger partial charge < -0.3 is 8.98 Å². The highest BCUT2D eigenvalue weighted by Gasteiger charge is 2.20. The number of thiophene rings is 1. The van der Waals surface area contributed by atoms with E-state index in [1.165, 1.54) is 47.7 Å². The average molecular weight is 823 g/mol. The van der Waals surface area contributed by atoms with Crippen LogP contribution in [0.25, 0.3) is 126 Å². The summed E-state index contributed by atoms with van der Waals surface area (Å²) in [5, 5.41) is 7.05. The van der Waals surface area contributed by atoms with Crippen molar-refractivity contribution in [2.24, 2.45) is 0 Å². The van der Waals surface area contributed by atoms with Crippen molar-refractivity contribution in [1.82, 2.24) is 19.5 Å². The standard InChI is InChI=1S/C57H34N4OS/c1-3-13-36(14-4-1)55-58-56(37-27-25-35(26-28-37)38-29-32-45-44-18-8-10-23-50(44)62-51(45)34-38)60-57(59-55)47-21-12-24-52-53(47)46-20-11-19-41(54(46)63-52)39-30-31-43-42-17-7-9-22-48(42)61(49(43)33-39)40-15-5-2-6-16-40/h1-34H. The number of hydrogen-bond donors (Lipinski definition) is 0. The van der Waals surface area contributed by atoms with Crippen molar-refractivity contribution in [1.29, 1.82) is 0 Å². The summed E-state index contributed by atoms with van der Waals surface area (Å²) in [5.74, 6) is 1.90. The summed E-state index contributed by atoms with van der Waals surface area (Å²) < 4.78 is 11.0. The molecule has 0 radical (unpaired) electrons. The van der Waals surface area contributed by atoms with Crippen LogP contribution in [-0.2, 0) is 0 Å². The van der Waals surface area contributed by atoms with Crippen molar-refractivity contribution in [3.05, 3.63) is 206 Å². The molecule has 6 heteroatoms. The molecule has 0 unspecified atom stereocenters.